The number of rotatable bonds is 6. The predicted octanol–water partition coefficient (Wildman–Crippen LogP) is 5.15. The van der Waals surface area contributed by atoms with Gasteiger partial charge < -0.3 is 4.74 Å². The van der Waals surface area contributed by atoms with Crippen molar-refractivity contribution in [3.8, 4) is 0 Å². The average molecular weight is 283 g/mol. The van der Waals surface area contributed by atoms with Gasteiger partial charge >= 0.3 is 6.09 Å². The van der Waals surface area contributed by atoms with Crippen molar-refractivity contribution in [3.05, 3.63) is 60.7 Å². The molecule has 2 aromatic carbocycles. The second-order valence-electron chi connectivity index (χ2n) is 4.83. The molecule has 0 bridgehead atoms. The molecule has 0 aromatic heterocycles. The Morgan fingerprint density at radius 2 is 1.43 bits per heavy atom. The Kier molecular flexibility index (Phi) is 5.83. The van der Waals surface area contributed by atoms with E-state index in [1.54, 1.807) is 4.90 Å². The van der Waals surface area contributed by atoms with Crippen molar-refractivity contribution in [2.75, 3.05) is 11.5 Å². The number of carbonyl (C=O) groups is 1. The number of para-hydroxylation sites is 2. The van der Waals surface area contributed by atoms with Gasteiger partial charge in [0.05, 0.1) is 18.0 Å². The van der Waals surface area contributed by atoms with Crippen LogP contribution in [0.4, 0.5) is 16.2 Å². The van der Waals surface area contributed by atoms with Gasteiger partial charge in [-0.1, -0.05) is 56.2 Å². The summed E-state index contributed by atoms with van der Waals surface area (Å²) in [7, 11) is 0. The zero-order chi connectivity index (χ0) is 14.9. The molecule has 0 radical (unpaired) electrons. The molecule has 0 heterocycles. The van der Waals surface area contributed by atoms with Crippen LogP contribution in [0.25, 0.3) is 0 Å². The summed E-state index contributed by atoms with van der Waals surface area (Å²) in [5, 5.41) is 0. The summed E-state index contributed by atoms with van der Waals surface area (Å²) in [6.45, 7) is 2.59. The van der Waals surface area contributed by atoms with E-state index in [1.165, 1.54) is 0 Å². The molecule has 3 nitrogen and oxygen atoms in total. The highest BCUT2D eigenvalue weighted by molar-refractivity contribution is 5.95. The van der Waals surface area contributed by atoms with E-state index in [0.717, 1.165) is 30.6 Å². The van der Waals surface area contributed by atoms with E-state index >= 15 is 0 Å². The van der Waals surface area contributed by atoms with Gasteiger partial charge in [0.15, 0.2) is 0 Å². The summed E-state index contributed by atoms with van der Waals surface area (Å²) >= 11 is 0. The quantitative estimate of drug-likeness (QED) is 0.686. The van der Waals surface area contributed by atoms with Gasteiger partial charge in [0, 0.05) is 0 Å². The Balaban J connectivity index is 2.15. The second kappa shape index (κ2) is 8.10. The molecule has 1 amide bonds. The number of hydrogen-bond acceptors (Lipinski definition) is 2. The van der Waals surface area contributed by atoms with Crippen molar-refractivity contribution in [2.45, 2.75) is 26.2 Å². The molecule has 0 atom stereocenters. The maximum atomic E-state index is 12.4. The van der Waals surface area contributed by atoms with Gasteiger partial charge in [0.2, 0.25) is 0 Å². The Morgan fingerprint density at radius 1 is 0.905 bits per heavy atom. The van der Waals surface area contributed by atoms with Gasteiger partial charge in [-0.2, -0.15) is 0 Å². The molecular formula is C18H21NO2. The van der Waals surface area contributed by atoms with E-state index in [-0.39, 0.29) is 6.09 Å². The Morgan fingerprint density at radius 3 is 1.90 bits per heavy atom. The number of carbonyl (C=O) groups excluding carboxylic acids is 1. The van der Waals surface area contributed by atoms with Crippen LogP contribution < -0.4 is 4.90 Å². The zero-order valence-corrected chi connectivity index (χ0v) is 12.4. The second-order valence-corrected chi connectivity index (χ2v) is 4.83. The first-order chi connectivity index (χ1) is 10.3. The third kappa shape index (κ3) is 4.35. The molecule has 0 N–H and O–H groups in total. The molecule has 0 fully saturated rings. The van der Waals surface area contributed by atoms with Crippen LogP contribution >= 0.6 is 0 Å². The highest BCUT2D eigenvalue weighted by Crippen LogP contribution is 2.25. The van der Waals surface area contributed by atoms with Crippen molar-refractivity contribution < 1.29 is 9.53 Å². The van der Waals surface area contributed by atoms with E-state index < -0.39 is 0 Å². The molecule has 0 aliphatic rings. The third-order valence-corrected chi connectivity index (χ3v) is 3.18. The number of benzene rings is 2. The van der Waals surface area contributed by atoms with Crippen LogP contribution in [0.5, 0.6) is 0 Å². The summed E-state index contributed by atoms with van der Waals surface area (Å²) < 4.78 is 5.40. The minimum Gasteiger partial charge on any atom is -0.449 e. The van der Waals surface area contributed by atoms with Crippen molar-refractivity contribution in [3.63, 3.8) is 0 Å². The topological polar surface area (TPSA) is 29.5 Å². The van der Waals surface area contributed by atoms with Gasteiger partial charge in [-0.25, -0.2) is 9.69 Å². The van der Waals surface area contributed by atoms with Crippen molar-refractivity contribution in [1.29, 1.82) is 0 Å². The minimum absolute atomic E-state index is 0.330. The zero-order valence-electron chi connectivity index (χ0n) is 12.4. The number of hydrogen-bond donors (Lipinski definition) is 0. The summed E-state index contributed by atoms with van der Waals surface area (Å²) in [4.78, 5) is 14.0. The number of unbranched alkanes of at least 4 members (excludes halogenated alkanes) is 2. The number of nitrogens with zero attached hydrogens (tertiary/aromatic N) is 1. The van der Waals surface area contributed by atoms with E-state index in [4.69, 9.17) is 4.74 Å². The molecule has 21 heavy (non-hydrogen) atoms. The van der Waals surface area contributed by atoms with Crippen LogP contribution in [-0.4, -0.2) is 12.7 Å². The lowest BCUT2D eigenvalue weighted by molar-refractivity contribution is 0.154. The van der Waals surface area contributed by atoms with Crippen molar-refractivity contribution in [2.24, 2.45) is 0 Å². The highest BCUT2D eigenvalue weighted by Gasteiger charge is 2.18. The molecule has 0 unspecified atom stereocenters. The fourth-order valence-corrected chi connectivity index (χ4v) is 2.09. The summed E-state index contributed by atoms with van der Waals surface area (Å²) in [6.07, 6.45) is 2.76. The Bertz CT molecular complexity index is 500. The van der Waals surface area contributed by atoms with E-state index in [2.05, 4.69) is 6.92 Å². The molecule has 0 spiro atoms. The van der Waals surface area contributed by atoms with Gasteiger partial charge in [-0.05, 0) is 30.7 Å². The lowest BCUT2D eigenvalue weighted by atomic mass is 10.2. The lowest BCUT2D eigenvalue weighted by Gasteiger charge is -2.22. The summed E-state index contributed by atoms with van der Waals surface area (Å²) in [5.41, 5.74) is 1.62. The van der Waals surface area contributed by atoms with Crippen LogP contribution in [0.1, 0.15) is 26.2 Å². The molecule has 3 heteroatoms. The molecule has 2 rings (SSSR count). The first kappa shape index (κ1) is 15.1. The molecule has 0 saturated carbocycles. The normalized spacial score (nSPS) is 10.1. The van der Waals surface area contributed by atoms with Crippen LogP contribution in [0.2, 0.25) is 0 Å². The monoisotopic (exact) mass is 283 g/mol. The summed E-state index contributed by atoms with van der Waals surface area (Å²) in [5.74, 6) is 0. The van der Waals surface area contributed by atoms with E-state index in [9.17, 15) is 4.79 Å². The molecule has 0 aliphatic heterocycles. The average Bonchev–Trinajstić information content (AvgIpc) is 2.54. The van der Waals surface area contributed by atoms with Crippen LogP contribution in [0.15, 0.2) is 60.7 Å². The van der Waals surface area contributed by atoms with Crippen LogP contribution in [0, 0.1) is 0 Å². The number of anilines is 2. The lowest BCUT2D eigenvalue weighted by Crippen LogP contribution is -2.27. The fraction of sp³-hybridized carbons (Fsp3) is 0.278. The van der Waals surface area contributed by atoms with Gasteiger partial charge in [-0.15, -0.1) is 0 Å². The Labute approximate surface area is 126 Å². The number of amides is 1. The highest BCUT2D eigenvalue weighted by atomic mass is 16.6. The van der Waals surface area contributed by atoms with Gasteiger partial charge in [0.25, 0.3) is 0 Å². The maximum Gasteiger partial charge on any atom is 0.418 e. The first-order valence-electron chi connectivity index (χ1n) is 7.40. The van der Waals surface area contributed by atoms with Crippen LogP contribution in [0.3, 0.4) is 0 Å². The van der Waals surface area contributed by atoms with E-state index in [1.807, 2.05) is 60.7 Å². The molecule has 0 saturated heterocycles. The minimum atomic E-state index is -0.330. The van der Waals surface area contributed by atoms with Gasteiger partial charge in [-0.3, -0.25) is 0 Å². The molecular weight excluding hydrogens is 262 g/mol. The fourth-order valence-electron chi connectivity index (χ4n) is 2.09. The SMILES string of the molecule is CCCCCOC(=O)N(c1ccccc1)c1ccccc1. The predicted molar refractivity (Wildman–Crippen MR) is 85.9 cm³/mol. The molecule has 0 aliphatic carbocycles. The Hall–Kier alpha value is -2.29. The maximum absolute atomic E-state index is 12.4. The number of ether oxygens (including phenoxy) is 1. The van der Waals surface area contributed by atoms with Crippen LogP contribution in [-0.2, 0) is 4.74 Å². The van der Waals surface area contributed by atoms with Gasteiger partial charge in [0.1, 0.15) is 0 Å². The van der Waals surface area contributed by atoms with E-state index in [0.29, 0.717) is 6.61 Å². The smallest absolute Gasteiger partial charge is 0.418 e. The van der Waals surface area contributed by atoms with Crippen molar-refractivity contribution >= 4 is 17.5 Å². The third-order valence-electron chi connectivity index (χ3n) is 3.18. The summed E-state index contributed by atoms with van der Waals surface area (Å²) in [6, 6.07) is 19.1. The molecule has 2 aromatic rings. The standard InChI is InChI=1S/C18H21NO2/c1-2-3-10-15-21-18(20)19(16-11-6-4-7-12-16)17-13-8-5-9-14-17/h4-9,11-14H,2-3,10,15H2,1H3. The van der Waals surface area contributed by atoms with Crippen molar-refractivity contribution in [1.82, 2.24) is 0 Å². The molecule has 110 valence electrons. The first-order valence-corrected chi connectivity index (χ1v) is 7.40. The largest absolute Gasteiger partial charge is 0.449 e.